The van der Waals surface area contributed by atoms with Crippen molar-refractivity contribution in [2.24, 2.45) is 0 Å². The molecule has 0 aliphatic carbocycles. The van der Waals surface area contributed by atoms with Gasteiger partial charge in [-0.3, -0.25) is 9.59 Å². The van der Waals surface area contributed by atoms with E-state index in [0.717, 1.165) is 10.2 Å². The monoisotopic (exact) mass is 386 g/mol. The zero-order valence-electron chi connectivity index (χ0n) is 12.9. The third-order valence-electron chi connectivity index (χ3n) is 3.49. The van der Waals surface area contributed by atoms with E-state index in [0.29, 0.717) is 11.3 Å². The zero-order valence-corrected chi connectivity index (χ0v) is 14.5. The zero-order chi connectivity index (χ0) is 17.1. The second-order valence-corrected chi connectivity index (χ2v) is 6.09. The molecule has 0 atom stereocenters. The number of carbonyl (C=O) groups excluding carboxylic acids is 2. The molecule has 3 rings (SSSR count). The first-order valence-electron chi connectivity index (χ1n) is 7.32. The Morgan fingerprint density at radius 3 is 2.71 bits per heavy atom. The fraction of sp³-hybridized carbons (Fsp3) is 0.118. The molecule has 0 saturated heterocycles. The summed E-state index contributed by atoms with van der Waals surface area (Å²) in [7, 11) is 0. The van der Waals surface area contributed by atoms with Crippen molar-refractivity contribution in [1.82, 2.24) is 14.7 Å². The standard InChI is InChI=1S/C17H15BrN4O2/c1-11-5-4-8-15-20-14(10-22(11)15)17(24)19-9-16(23)21-13-7-3-2-6-12(13)18/h2-8,10H,9H2,1H3,(H,19,24)(H,21,23). The number of aromatic nitrogens is 2. The van der Waals surface area contributed by atoms with Gasteiger partial charge in [0.2, 0.25) is 5.91 Å². The first-order chi connectivity index (χ1) is 11.5. The molecule has 2 amide bonds. The van der Waals surface area contributed by atoms with Crippen molar-refractivity contribution in [1.29, 1.82) is 0 Å². The van der Waals surface area contributed by atoms with Gasteiger partial charge in [0.1, 0.15) is 11.3 Å². The van der Waals surface area contributed by atoms with Crippen molar-refractivity contribution in [3.05, 3.63) is 64.5 Å². The summed E-state index contributed by atoms with van der Waals surface area (Å²) in [5, 5.41) is 5.30. The molecular formula is C17H15BrN4O2. The lowest BCUT2D eigenvalue weighted by Gasteiger charge is -2.07. The van der Waals surface area contributed by atoms with Gasteiger partial charge in [-0.05, 0) is 47.1 Å². The van der Waals surface area contributed by atoms with Crippen molar-refractivity contribution >= 4 is 39.1 Å². The number of benzene rings is 1. The molecule has 3 aromatic rings. The van der Waals surface area contributed by atoms with Crippen molar-refractivity contribution in [2.45, 2.75) is 6.92 Å². The fourth-order valence-corrected chi connectivity index (χ4v) is 2.65. The minimum atomic E-state index is -0.389. The smallest absolute Gasteiger partial charge is 0.271 e. The number of aryl methyl sites for hydroxylation is 1. The summed E-state index contributed by atoms with van der Waals surface area (Å²) in [4.78, 5) is 28.4. The minimum absolute atomic E-state index is 0.132. The van der Waals surface area contributed by atoms with Gasteiger partial charge in [0, 0.05) is 16.4 Å². The van der Waals surface area contributed by atoms with Crippen LogP contribution in [0.5, 0.6) is 0 Å². The van der Waals surface area contributed by atoms with Crippen LogP contribution in [-0.4, -0.2) is 27.7 Å². The summed E-state index contributed by atoms with van der Waals surface area (Å²) in [6.07, 6.45) is 1.66. The van der Waals surface area contributed by atoms with E-state index in [1.807, 2.05) is 47.7 Å². The van der Waals surface area contributed by atoms with E-state index in [9.17, 15) is 9.59 Å². The van der Waals surface area contributed by atoms with Crippen LogP contribution in [-0.2, 0) is 4.79 Å². The Labute approximate surface area is 147 Å². The molecule has 0 aliphatic rings. The third-order valence-corrected chi connectivity index (χ3v) is 4.18. The molecule has 122 valence electrons. The van der Waals surface area contributed by atoms with Crippen LogP contribution in [0.3, 0.4) is 0 Å². The average molecular weight is 387 g/mol. The lowest BCUT2D eigenvalue weighted by Crippen LogP contribution is -2.33. The van der Waals surface area contributed by atoms with E-state index < -0.39 is 0 Å². The molecule has 0 radical (unpaired) electrons. The van der Waals surface area contributed by atoms with E-state index in [1.54, 1.807) is 12.3 Å². The number of halogens is 1. The van der Waals surface area contributed by atoms with E-state index in [1.165, 1.54) is 0 Å². The quantitative estimate of drug-likeness (QED) is 0.723. The summed E-state index contributed by atoms with van der Waals surface area (Å²) in [6.45, 7) is 1.80. The summed E-state index contributed by atoms with van der Waals surface area (Å²) < 4.78 is 2.61. The lowest BCUT2D eigenvalue weighted by atomic mass is 10.3. The van der Waals surface area contributed by atoms with Crippen LogP contribution in [0.1, 0.15) is 16.2 Å². The maximum absolute atomic E-state index is 12.2. The second kappa shape index (κ2) is 6.84. The van der Waals surface area contributed by atoms with Gasteiger partial charge < -0.3 is 15.0 Å². The number of hydrogen-bond donors (Lipinski definition) is 2. The number of anilines is 1. The van der Waals surface area contributed by atoms with Crippen LogP contribution in [0.4, 0.5) is 5.69 Å². The number of fused-ring (bicyclic) bond motifs is 1. The van der Waals surface area contributed by atoms with Crippen LogP contribution >= 0.6 is 15.9 Å². The number of nitrogens with zero attached hydrogens (tertiary/aromatic N) is 2. The number of pyridine rings is 1. The maximum Gasteiger partial charge on any atom is 0.271 e. The van der Waals surface area contributed by atoms with E-state index in [4.69, 9.17) is 0 Å². The lowest BCUT2D eigenvalue weighted by molar-refractivity contribution is -0.115. The summed E-state index contributed by atoms with van der Waals surface area (Å²) in [5.41, 5.74) is 2.60. The van der Waals surface area contributed by atoms with E-state index in [-0.39, 0.29) is 24.1 Å². The Morgan fingerprint density at radius 2 is 1.96 bits per heavy atom. The molecule has 24 heavy (non-hydrogen) atoms. The number of nitrogens with one attached hydrogen (secondary N) is 2. The second-order valence-electron chi connectivity index (χ2n) is 5.23. The van der Waals surface area contributed by atoms with Crippen LogP contribution in [0.2, 0.25) is 0 Å². The number of amides is 2. The summed E-state index contributed by atoms with van der Waals surface area (Å²) >= 11 is 3.35. The molecule has 0 unspecified atom stereocenters. The molecule has 7 heteroatoms. The number of imidazole rings is 1. The van der Waals surface area contributed by atoms with Crippen LogP contribution in [0.25, 0.3) is 5.65 Å². The van der Waals surface area contributed by atoms with Crippen LogP contribution in [0.15, 0.2) is 53.1 Å². The largest absolute Gasteiger partial charge is 0.342 e. The Hall–Kier alpha value is -2.67. The summed E-state index contributed by atoms with van der Waals surface area (Å²) in [5.74, 6) is -0.699. The maximum atomic E-state index is 12.2. The van der Waals surface area contributed by atoms with Gasteiger partial charge >= 0.3 is 0 Å². The highest BCUT2D eigenvalue weighted by Gasteiger charge is 2.13. The predicted molar refractivity (Wildman–Crippen MR) is 95.0 cm³/mol. The van der Waals surface area contributed by atoms with Gasteiger partial charge in [0.25, 0.3) is 5.91 Å². The number of hydrogen-bond acceptors (Lipinski definition) is 3. The highest BCUT2D eigenvalue weighted by atomic mass is 79.9. The average Bonchev–Trinajstić information content (AvgIpc) is 3.00. The molecule has 0 saturated carbocycles. The van der Waals surface area contributed by atoms with Crippen LogP contribution < -0.4 is 10.6 Å². The third kappa shape index (κ3) is 3.46. The molecular weight excluding hydrogens is 372 g/mol. The van der Waals surface area contributed by atoms with Crippen LogP contribution in [0, 0.1) is 6.92 Å². The van der Waals surface area contributed by atoms with Crippen molar-refractivity contribution in [2.75, 3.05) is 11.9 Å². The SMILES string of the molecule is Cc1cccc2nc(C(=O)NCC(=O)Nc3ccccc3Br)cn12. The normalized spacial score (nSPS) is 10.6. The van der Waals surface area contributed by atoms with E-state index in [2.05, 4.69) is 31.5 Å². The molecule has 2 heterocycles. The van der Waals surface area contributed by atoms with Crippen molar-refractivity contribution in [3.63, 3.8) is 0 Å². The highest BCUT2D eigenvalue weighted by Crippen LogP contribution is 2.20. The first kappa shape index (κ1) is 16.2. The van der Waals surface area contributed by atoms with Crippen molar-refractivity contribution < 1.29 is 9.59 Å². The Bertz CT molecular complexity index is 920. The fourth-order valence-electron chi connectivity index (χ4n) is 2.27. The van der Waals surface area contributed by atoms with Gasteiger partial charge in [-0.15, -0.1) is 0 Å². The number of rotatable bonds is 4. The Morgan fingerprint density at radius 1 is 1.17 bits per heavy atom. The molecule has 0 aliphatic heterocycles. The topological polar surface area (TPSA) is 75.5 Å². The molecule has 2 aromatic heterocycles. The molecule has 0 fully saturated rings. The van der Waals surface area contributed by atoms with E-state index >= 15 is 0 Å². The van der Waals surface area contributed by atoms with Gasteiger partial charge in [-0.1, -0.05) is 18.2 Å². The van der Waals surface area contributed by atoms with Gasteiger partial charge in [0.15, 0.2) is 0 Å². The summed E-state index contributed by atoms with van der Waals surface area (Å²) in [6, 6.07) is 12.9. The molecule has 1 aromatic carbocycles. The molecule has 2 N–H and O–H groups in total. The number of carbonyl (C=O) groups is 2. The number of para-hydroxylation sites is 1. The highest BCUT2D eigenvalue weighted by molar-refractivity contribution is 9.10. The Kier molecular flexibility index (Phi) is 4.61. The first-order valence-corrected chi connectivity index (χ1v) is 8.11. The minimum Gasteiger partial charge on any atom is -0.342 e. The molecule has 0 bridgehead atoms. The Balaban J connectivity index is 1.63. The van der Waals surface area contributed by atoms with Gasteiger partial charge in [-0.25, -0.2) is 4.98 Å². The van der Waals surface area contributed by atoms with Crippen molar-refractivity contribution in [3.8, 4) is 0 Å². The molecule has 6 nitrogen and oxygen atoms in total. The predicted octanol–water partition coefficient (Wildman–Crippen LogP) is 2.77. The van der Waals surface area contributed by atoms with Gasteiger partial charge in [0.05, 0.1) is 12.2 Å². The molecule has 0 spiro atoms. The van der Waals surface area contributed by atoms with Gasteiger partial charge in [-0.2, -0.15) is 0 Å².